The normalized spacial score (nSPS) is 17.7. The van der Waals surface area contributed by atoms with Gasteiger partial charge in [0.15, 0.2) is 0 Å². The van der Waals surface area contributed by atoms with Crippen molar-refractivity contribution < 1.29 is 8.42 Å². The number of rotatable bonds is 3. The average Bonchev–Trinajstić information content (AvgIpc) is 2.81. The molecule has 1 atom stereocenters. The number of aryl methyl sites for hydroxylation is 1. The van der Waals surface area contributed by atoms with Gasteiger partial charge in [0.25, 0.3) is 0 Å². The molecule has 0 bridgehead atoms. The van der Waals surface area contributed by atoms with Crippen molar-refractivity contribution in [2.45, 2.75) is 23.8 Å². The van der Waals surface area contributed by atoms with Crippen LogP contribution in [0.3, 0.4) is 0 Å². The number of nitrogens with one attached hydrogen (secondary N) is 1. The molecule has 0 spiro atoms. The highest BCUT2D eigenvalue weighted by Crippen LogP contribution is 2.34. The van der Waals surface area contributed by atoms with Crippen LogP contribution in [-0.2, 0) is 16.4 Å². The Balaban J connectivity index is 1.95. The van der Waals surface area contributed by atoms with Crippen molar-refractivity contribution in [3.8, 4) is 0 Å². The van der Waals surface area contributed by atoms with E-state index >= 15 is 0 Å². The molecule has 0 amide bonds. The third-order valence-corrected chi connectivity index (χ3v) is 6.04. The zero-order valence-corrected chi connectivity index (χ0v) is 13.3. The summed E-state index contributed by atoms with van der Waals surface area (Å²) in [6, 6.07) is 12.3. The van der Waals surface area contributed by atoms with E-state index in [9.17, 15) is 8.42 Å². The molecule has 3 rings (SSSR count). The number of hydrogen-bond acceptors (Lipinski definition) is 2. The molecule has 0 aromatic heterocycles. The Morgan fingerprint density at radius 1 is 1.00 bits per heavy atom. The van der Waals surface area contributed by atoms with E-state index in [1.54, 1.807) is 6.07 Å². The summed E-state index contributed by atoms with van der Waals surface area (Å²) >= 11 is 12.0. The minimum absolute atomic E-state index is 0.0577. The number of sulfonamides is 1. The van der Waals surface area contributed by atoms with Crippen molar-refractivity contribution in [1.29, 1.82) is 0 Å². The predicted octanol–water partition coefficient (Wildman–Crippen LogP) is 3.96. The molecule has 6 heteroatoms. The lowest BCUT2D eigenvalue weighted by atomic mass is 10.1. The minimum Gasteiger partial charge on any atom is -0.207 e. The second-order valence-corrected chi connectivity index (χ2v) is 7.43. The zero-order chi connectivity index (χ0) is 15.0. The Labute approximate surface area is 133 Å². The fraction of sp³-hybridized carbons (Fsp3) is 0.200. The molecule has 0 radical (unpaired) electrons. The van der Waals surface area contributed by atoms with Crippen molar-refractivity contribution in [3.05, 3.63) is 63.6 Å². The van der Waals surface area contributed by atoms with Crippen LogP contribution in [0.1, 0.15) is 23.6 Å². The second-order valence-electron chi connectivity index (χ2n) is 4.96. The molecule has 0 aliphatic heterocycles. The summed E-state index contributed by atoms with van der Waals surface area (Å²) in [5.41, 5.74) is 2.19. The molecule has 0 heterocycles. The van der Waals surface area contributed by atoms with E-state index in [0.29, 0.717) is 0 Å². The van der Waals surface area contributed by atoms with Gasteiger partial charge in [0.1, 0.15) is 4.90 Å². The number of halogens is 2. The van der Waals surface area contributed by atoms with Crippen molar-refractivity contribution in [2.24, 2.45) is 0 Å². The molecule has 2 aromatic rings. The summed E-state index contributed by atoms with van der Waals surface area (Å²) in [6.07, 6.45) is 1.60. The number of hydrogen-bond donors (Lipinski definition) is 1. The molecular formula is C15H13Cl2NO2S. The largest absolute Gasteiger partial charge is 0.244 e. The van der Waals surface area contributed by atoms with Gasteiger partial charge in [-0.15, -0.1) is 0 Å². The molecule has 0 fully saturated rings. The van der Waals surface area contributed by atoms with E-state index in [2.05, 4.69) is 4.72 Å². The summed E-state index contributed by atoms with van der Waals surface area (Å²) in [7, 11) is -3.76. The van der Waals surface area contributed by atoms with E-state index in [-0.39, 0.29) is 21.0 Å². The van der Waals surface area contributed by atoms with E-state index < -0.39 is 10.0 Å². The van der Waals surface area contributed by atoms with E-state index in [1.165, 1.54) is 17.7 Å². The lowest BCUT2D eigenvalue weighted by molar-refractivity contribution is 0.554. The van der Waals surface area contributed by atoms with Crippen LogP contribution in [0, 0.1) is 0 Å². The quantitative estimate of drug-likeness (QED) is 0.918. The lowest BCUT2D eigenvalue weighted by Gasteiger charge is -2.16. The Bertz CT molecular complexity index is 770. The van der Waals surface area contributed by atoms with E-state index in [1.807, 2.05) is 24.3 Å². The van der Waals surface area contributed by atoms with E-state index in [4.69, 9.17) is 23.2 Å². The van der Waals surface area contributed by atoms with Gasteiger partial charge < -0.3 is 0 Å². The maximum Gasteiger partial charge on any atom is 0.244 e. The summed E-state index contributed by atoms with van der Waals surface area (Å²) in [5, 5.41) is 0.252. The molecule has 2 aromatic carbocycles. The maximum absolute atomic E-state index is 12.6. The van der Waals surface area contributed by atoms with Gasteiger partial charge in [-0.25, -0.2) is 13.1 Å². The van der Waals surface area contributed by atoms with Gasteiger partial charge in [-0.3, -0.25) is 0 Å². The Kier molecular flexibility index (Phi) is 3.97. The fourth-order valence-electron chi connectivity index (χ4n) is 2.67. The molecule has 0 saturated carbocycles. The zero-order valence-electron chi connectivity index (χ0n) is 11.0. The second kappa shape index (κ2) is 5.61. The smallest absolute Gasteiger partial charge is 0.207 e. The van der Waals surface area contributed by atoms with Crippen molar-refractivity contribution in [1.82, 2.24) is 4.72 Å². The minimum atomic E-state index is -3.76. The van der Waals surface area contributed by atoms with Crippen molar-refractivity contribution in [3.63, 3.8) is 0 Å². The first kappa shape index (κ1) is 14.9. The average molecular weight is 342 g/mol. The van der Waals surface area contributed by atoms with Crippen LogP contribution >= 0.6 is 23.2 Å². The number of benzene rings is 2. The molecule has 1 aliphatic rings. The van der Waals surface area contributed by atoms with Crippen LogP contribution < -0.4 is 4.72 Å². The molecule has 21 heavy (non-hydrogen) atoms. The Morgan fingerprint density at radius 3 is 2.38 bits per heavy atom. The van der Waals surface area contributed by atoms with E-state index in [0.717, 1.165) is 18.4 Å². The summed E-state index contributed by atoms with van der Waals surface area (Å²) in [4.78, 5) is -0.0577. The highest BCUT2D eigenvalue weighted by Gasteiger charge is 2.29. The van der Waals surface area contributed by atoms with Crippen LogP contribution in [0.15, 0.2) is 47.4 Å². The Morgan fingerprint density at radius 2 is 1.67 bits per heavy atom. The van der Waals surface area contributed by atoms with Crippen LogP contribution in [-0.4, -0.2) is 8.42 Å². The van der Waals surface area contributed by atoms with Crippen molar-refractivity contribution in [2.75, 3.05) is 0 Å². The highest BCUT2D eigenvalue weighted by molar-refractivity contribution is 7.89. The standard InChI is InChI=1S/C15H13Cl2NO2S/c16-12-6-3-7-13(17)15(12)21(19,20)18-14-9-8-10-4-1-2-5-11(10)14/h1-7,14,18H,8-9H2/t14-/m1/s1. The van der Waals surface area contributed by atoms with Crippen molar-refractivity contribution >= 4 is 33.2 Å². The number of fused-ring (bicyclic) bond motifs is 1. The highest BCUT2D eigenvalue weighted by atomic mass is 35.5. The third-order valence-electron chi connectivity index (χ3n) is 3.62. The summed E-state index contributed by atoms with van der Waals surface area (Å²) in [5.74, 6) is 0. The summed E-state index contributed by atoms with van der Waals surface area (Å²) < 4.78 is 27.8. The van der Waals surface area contributed by atoms with Gasteiger partial charge >= 0.3 is 0 Å². The molecule has 3 nitrogen and oxygen atoms in total. The monoisotopic (exact) mass is 341 g/mol. The van der Waals surface area contributed by atoms with Crippen LogP contribution in [0.4, 0.5) is 0 Å². The molecule has 110 valence electrons. The first-order valence-corrected chi connectivity index (χ1v) is 8.77. The van der Waals surface area contributed by atoms with Gasteiger partial charge in [-0.1, -0.05) is 53.5 Å². The topological polar surface area (TPSA) is 46.2 Å². The van der Waals surface area contributed by atoms with Gasteiger partial charge in [0, 0.05) is 6.04 Å². The summed E-state index contributed by atoms with van der Waals surface area (Å²) in [6.45, 7) is 0. The van der Waals surface area contributed by atoms with Gasteiger partial charge in [0.05, 0.1) is 10.0 Å². The Hall–Kier alpha value is -1.07. The van der Waals surface area contributed by atoms with Crippen LogP contribution in [0.25, 0.3) is 0 Å². The SMILES string of the molecule is O=S(=O)(N[C@@H]1CCc2ccccc21)c1c(Cl)cccc1Cl. The molecule has 0 unspecified atom stereocenters. The third kappa shape index (κ3) is 2.81. The predicted molar refractivity (Wildman–Crippen MR) is 84.3 cm³/mol. The van der Waals surface area contributed by atoms with Gasteiger partial charge in [-0.2, -0.15) is 0 Å². The first-order chi connectivity index (χ1) is 9.99. The molecule has 1 aliphatic carbocycles. The first-order valence-electron chi connectivity index (χ1n) is 6.53. The molecule has 0 saturated heterocycles. The molecule has 1 N–H and O–H groups in total. The van der Waals surface area contributed by atoms with Crippen LogP contribution in [0.2, 0.25) is 10.0 Å². The lowest BCUT2D eigenvalue weighted by Crippen LogP contribution is -2.27. The fourth-order valence-corrected chi connectivity index (χ4v) is 5.06. The molecular weight excluding hydrogens is 329 g/mol. The van der Waals surface area contributed by atoms with Gasteiger partial charge in [0.2, 0.25) is 10.0 Å². The van der Waals surface area contributed by atoms with Gasteiger partial charge in [-0.05, 0) is 36.1 Å². The maximum atomic E-state index is 12.6. The van der Waals surface area contributed by atoms with Crippen LogP contribution in [0.5, 0.6) is 0 Å².